The fourth-order valence-electron chi connectivity index (χ4n) is 13.4. The van der Waals surface area contributed by atoms with E-state index >= 15 is 0 Å². The first-order valence-corrected chi connectivity index (χ1v) is 20.4. The molecule has 0 spiro atoms. The second-order valence-corrected chi connectivity index (χ2v) is 20.1. The van der Waals surface area contributed by atoms with Gasteiger partial charge >= 0.3 is 5.97 Å². The molecule has 8 N–H and O–H groups in total. The van der Waals surface area contributed by atoms with Gasteiger partial charge in [0.2, 0.25) is 0 Å². The number of aliphatic hydroxyl groups excluding tert-OH is 7. The summed E-state index contributed by atoms with van der Waals surface area (Å²) in [6, 6.07) is 0. The fraction of sp³-hybridized carbons (Fsp3) is 0.927. The number of carboxylic acid groups (broad SMARTS) is 1. The van der Waals surface area contributed by atoms with Crippen LogP contribution >= 0.6 is 0 Å². The van der Waals surface area contributed by atoms with E-state index in [2.05, 4.69) is 47.6 Å². The maximum Gasteiger partial charge on any atom is 0.310 e. The second-order valence-electron chi connectivity index (χ2n) is 20.1. The number of ether oxygens (including phenoxy) is 4. The molecule has 6 fully saturated rings. The molecule has 7 rings (SSSR count). The summed E-state index contributed by atoms with van der Waals surface area (Å²) in [4.78, 5) is 13.1. The average Bonchev–Trinajstić information content (AvgIpc) is 3.40. The molecule has 5 aliphatic carbocycles. The average molecular weight is 767 g/mol. The Hall–Kier alpha value is -1.23. The number of hydrogen-bond acceptors (Lipinski definition) is 12. The minimum absolute atomic E-state index is 0.00178. The normalized spacial score (nSPS) is 54.1. The molecule has 308 valence electrons. The number of rotatable bonds is 8. The van der Waals surface area contributed by atoms with Crippen LogP contribution in [0, 0.1) is 50.2 Å². The van der Waals surface area contributed by atoms with Gasteiger partial charge in [-0.3, -0.25) is 4.79 Å². The van der Waals surface area contributed by atoms with E-state index in [0.717, 1.165) is 44.9 Å². The third-order valence-corrected chi connectivity index (χ3v) is 17.0. The topological polar surface area (TPSA) is 216 Å². The lowest BCUT2D eigenvalue weighted by atomic mass is 9.33. The molecular weight excluding hydrogens is 700 g/mol. The van der Waals surface area contributed by atoms with Gasteiger partial charge in [0.05, 0.1) is 31.3 Å². The van der Waals surface area contributed by atoms with Gasteiger partial charge < -0.3 is 59.8 Å². The van der Waals surface area contributed by atoms with E-state index in [-0.39, 0.29) is 46.0 Å². The van der Waals surface area contributed by atoms with E-state index in [0.29, 0.717) is 19.3 Å². The van der Waals surface area contributed by atoms with Gasteiger partial charge in [0, 0.05) is 5.41 Å². The number of carbonyl (C=O) groups is 1. The van der Waals surface area contributed by atoms with Gasteiger partial charge in [-0.2, -0.15) is 0 Å². The Morgan fingerprint density at radius 2 is 1.37 bits per heavy atom. The molecule has 54 heavy (non-hydrogen) atoms. The molecule has 18 unspecified atom stereocenters. The number of aliphatic carboxylic acids is 1. The SMILES string of the molecule is CC1(C)CCC2(C(=O)O)CCC3(C)C(=CCC4C5(C)CCC(OC6OC(CO)C(O)C(O)C6O)C(C)(COC6OC(CO)C(O)C6O)C5CCC43C)C2C1. The number of allylic oxidation sites excluding steroid dienone is 2. The van der Waals surface area contributed by atoms with E-state index in [1.165, 1.54) is 5.57 Å². The summed E-state index contributed by atoms with van der Waals surface area (Å²) in [5.74, 6) is -0.416. The zero-order valence-electron chi connectivity index (χ0n) is 32.9. The van der Waals surface area contributed by atoms with Crippen molar-refractivity contribution in [1.82, 2.24) is 0 Å². The number of carboxylic acids is 1. The van der Waals surface area contributed by atoms with Crippen molar-refractivity contribution in [3.05, 3.63) is 11.6 Å². The molecule has 7 aliphatic rings. The van der Waals surface area contributed by atoms with Crippen LogP contribution in [0.15, 0.2) is 11.6 Å². The predicted molar refractivity (Wildman–Crippen MR) is 193 cm³/mol. The highest BCUT2D eigenvalue weighted by Crippen LogP contribution is 2.76. The summed E-state index contributed by atoms with van der Waals surface area (Å²) in [5, 5.41) is 83.7. The van der Waals surface area contributed by atoms with Crippen LogP contribution in [0.5, 0.6) is 0 Å². The third kappa shape index (κ3) is 5.92. The van der Waals surface area contributed by atoms with Crippen molar-refractivity contribution in [2.75, 3.05) is 19.8 Å². The van der Waals surface area contributed by atoms with Crippen LogP contribution < -0.4 is 0 Å². The molecule has 0 aromatic carbocycles. The van der Waals surface area contributed by atoms with Crippen molar-refractivity contribution >= 4 is 5.97 Å². The zero-order chi connectivity index (χ0) is 39.4. The van der Waals surface area contributed by atoms with E-state index in [9.17, 15) is 45.6 Å². The van der Waals surface area contributed by atoms with Gasteiger partial charge in [0.1, 0.15) is 42.7 Å². The maximum atomic E-state index is 13.1. The zero-order valence-corrected chi connectivity index (χ0v) is 32.9. The van der Waals surface area contributed by atoms with Crippen molar-refractivity contribution in [3.63, 3.8) is 0 Å². The molecule has 13 nitrogen and oxygen atoms in total. The summed E-state index contributed by atoms with van der Waals surface area (Å²) in [6.07, 6.45) is -2.42. The van der Waals surface area contributed by atoms with Crippen LogP contribution in [-0.4, -0.2) is 128 Å². The van der Waals surface area contributed by atoms with E-state index in [4.69, 9.17) is 18.9 Å². The smallest absolute Gasteiger partial charge is 0.310 e. The number of fused-ring (bicyclic) bond motifs is 7. The van der Waals surface area contributed by atoms with Gasteiger partial charge in [-0.15, -0.1) is 0 Å². The lowest BCUT2D eigenvalue weighted by Gasteiger charge is -2.71. The summed E-state index contributed by atoms with van der Waals surface area (Å²) in [7, 11) is 0. The lowest BCUT2D eigenvalue weighted by molar-refractivity contribution is -0.336. The molecule has 0 amide bonds. The van der Waals surface area contributed by atoms with Gasteiger partial charge in [-0.1, -0.05) is 53.2 Å². The highest BCUT2D eigenvalue weighted by Gasteiger charge is 2.70. The first-order valence-electron chi connectivity index (χ1n) is 20.4. The Balaban J connectivity index is 1.23. The van der Waals surface area contributed by atoms with Crippen LogP contribution in [0.4, 0.5) is 0 Å². The van der Waals surface area contributed by atoms with Crippen LogP contribution in [0.2, 0.25) is 0 Å². The van der Waals surface area contributed by atoms with Crippen molar-refractivity contribution in [3.8, 4) is 0 Å². The number of aliphatic hydroxyl groups is 7. The minimum atomic E-state index is -1.60. The molecule has 2 saturated heterocycles. The second kappa shape index (κ2) is 14.0. The maximum absolute atomic E-state index is 13.1. The van der Waals surface area contributed by atoms with Crippen molar-refractivity contribution in [2.45, 2.75) is 167 Å². The predicted octanol–water partition coefficient (Wildman–Crippen LogP) is 2.49. The summed E-state index contributed by atoms with van der Waals surface area (Å²) < 4.78 is 24.5. The van der Waals surface area contributed by atoms with Gasteiger partial charge in [0.15, 0.2) is 12.6 Å². The monoisotopic (exact) mass is 766 g/mol. The largest absolute Gasteiger partial charge is 0.481 e. The van der Waals surface area contributed by atoms with Gasteiger partial charge in [0.25, 0.3) is 0 Å². The Labute approximate surface area is 319 Å². The van der Waals surface area contributed by atoms with Crippen LogP contribution in [0.3, 0.4) is 0 Å². The van der Waals surface area contributed by atoms with Crippen LogP contribution in [-0.2, 0) is 23.7 Å². The van der Waals surface area contributed by atoms with Crippen molar-refractivity contribution < 1.29 is 64.6 Å². The first kappa shape index (κ1) is 40.9. The standard InChI is InChI=1S/C41H66O13/c1-36(2)13-15-41(35(49)50)16-14-39(5)21(22(41)17-36)7-8-26-37(3)11-10-27(54-34-32(48)30(46)28(44)23(18-42)53-34)38(4,25(37)9-12-40(26,39)6)20-51-33-31(47)29(45)24(19-43)52-33/h7,22-34,42-48H,8-20H2,1-6H3,(H,49,50). The quantitative estimate of drug-likeness (QED) is 0.132. The van der Waals surface area contributed by atoms with Crippen LogP contribution in [0.1, 0.15) is 106 Å². The minimum Gasteiger partial charge on any atom is -0.481 e. The van der Waals surface area contributed by atoms with Gasteiger partial charge in [-0.05, 0) is 104 Å². The molecule has 2 aliphatic heterocycles. The Morgan fingerprint density at radius 3 is 2.02 bits per heavy atom. The highest BCUT2D eigenvalue weighted by molar-refractivity contribution is 5.76. The first-order chi connectivity index (χ1) is 25.2. The molecule has 0 radical (unpaired) electrons. The fourth-order valence-corrected chi connectivity index (χ4v) is 13.4. The number of hydrogen-bond donors (Lipinski definition) is 8. The summed E-state index contributed by atoms with van der Waals surface area (Å²) >= 11 is 0. The molecule has 13 heteroatoms. The Bertz CT molecular complexity index is 1450. The molecule has 0 bridgehead atoms. The summed E-state index contributed by atoms with van der Waals surface area (Å²) in [6.45, 7) is 12.8. The molecule has 0 aromatic heterocycles. The molecular formula is C41H66O13. The van der Waals surface area contributed by atoms with Crippen LogP contribution in [0.25, 0.3) is 0 Å². The Kier molecular flexibility index (Phi) is 10.6. The van der Waals surface area contributed by atoms with Gasteiger partial charge in [-0.25, -0.2) is 0 Å². The molecule has 18 atom stereocenters. The van der Waals surface area contributed by atoms with Crippen molar-refractivity contribution in [1.29, 1.82) is 0 Å². The van der Waals surface area contributed by atoms with E-state index in [1.54, 1.807) is 0 Å². The highest BCUT2D eigenvalue weighted by atomic mass is 16.7. The lowest BCUT2D eigenvalue weighted by Crippen LogP contribution is -2.67. The third-order valence-electron chi connectivity index (χ3n) is 17.0. The van der Waals surface area contributed by atoms with E-state index < -0.39 is 91.4 Å². The van der Waals surface area contributed by atoms with E-state index in [1.807, 2.05) is 0 Å². The molecule has 4 saturated carbocycles. The Morgan fingerprint density at radius 1 is 0.759 bits per heavy atom. The molecule has 0 aromatic rings. The van der Waals surface area contributed by atoms with Crippen molar-refractivity contribution in [2.24, 2.45) is 50.2 Å². The molecule has 2 heterocycles. The summed E-state index contributed by atoms with van der Waals surface area (Å²) in [5.41, 5.74) is -0.632.